The Morgan fingerprint density at radius 3 is 2.73 bits per heavy atom. The lowest BCUT2D eigenvalue weighted by Gasteiger charge is -2.01. The third kappa shape index (κ3) is 4.99. The maximum absolute atomic E-state index is 11.4. The first-order valence-electron chi connectivity index (χ1n) is 5.02. The maximum Gasteiger partial charge on any atom is 0.146 e. The van der Waals surface area contributed by atoms with E-state index in [1.165, 1.54) is 5.56 Å². The molecule has 0 saturated heterocycles. The Morgan fingerprint density at radius 2 is 2.07 bits per heavy atom. The van der Waals surface area contributed by atoms with E-state index < -0.39 is 0 Å². The molecular formula is C13H15NO. The van der Waals surface area contributed by atoms with Gasteiger partial charge < -0.3 is 0 Å². The Kier molecular flexibility index (Phi) is 5.21. The van der Waals surface area contributed by atoms with Gasteiger partial charge in [-0.1, -0.05) is 36.3 Å². The number of rotatable bonds is 6. The summed E-state index contributed by atoms with van der Waals surface area (Å²) in [6, 6.07) is 10.00. The number of aryl methyl sites for hydroxylation is 1. The summed E-state index contributed by atoms with van der Waals surface area (Å²) >= 11 is 0. The summed E-state index contributed by atoms with van der Waals surface area (Å²) in [5, 5.41) is 2.89. The minimum Gasteiger partial charge on any atom is -0.299 e. The molecule has 15 heavy (non-hydrogen) atoms. The second kappa shape index (κ2) is 6.80. The molecular weight excluding hydrogens is 186 g/mol. The van der Waals surface area contributed by atoms with Crippen LogP contribution in [0.2, 0.25) is 0 Å². The van der Waals surface area contributed by atoms with Gasteiger partial charge in [0.1, 0.15) is 5.78 Å². The van der Waals surface area contributed by atoms with Crippen LogP contribution >= 0.6 is 0 Å². The van der Waals surface area contributed by atoms with Crippen molar-refractivity contribution in [3.05, 3.63) is 35.9 Å². The zero-order valence-electron chi connectivity index (χ0n) is 8.70. The Morgan fingerprint density at radius 1 is 1.33 bits per heavy atom. The molecule has 0 aliphatic rings. The summed E-state index contributed by atoms with van der Waals surface area (Å²) < 4.78 is 0. The summed E-state index contributed by atoms with van der Waals surface area (Å²) in [5.74, 6) is 2.64. The van der Waals surface area contributed by atoms with Crippen molar-refractivity contribution in [2.75, 3.05) is 13.1 Å². The van der Waals surface area contributed by atoms with Gasteiger partial charge in [-0.25, -0.2) is 0 Å². The van der Waals surface area contributed by atoms with Gasteiger partial charge in [0.25, 0.3) is 0 Å². The molecule has 0 aliphatic heterocycles. The molecule has 0 spiro atoms. The quantitative estimate of drug-likeness (QED) is 0.557. The zero-order chi connectivity index (χ0) is 10.9. The largest absolute Gasteiger partial charge is 0.299 e. The lowest BCUT2D eigenvalue weighted by molar-refractivity contribution is -0.118. The highest BCUT2D eigenvalue weighted by molar-refractivity contribution is 5.80. The molecule has 1 aromatic rings. The van der Waals surface area contributed by atoms with Crippen LogP contribution in [0.4, 0.5) is 0 Å². The van der Waals surface area contributed by atoms with E-state index in [1.54, 1.807) is 0 Å². The van der Waals surface area contributed by atoms with Gasteiger partial charge in [-0.15, -0.1) is 6.42 Å². The van der Waals surface area contributed by atoms with Gasteiger partial charge in [-0.3, -0.25) is 10.1 Å². The van der Waals surface area contributed by atoms with Gasteiger partial charge in [0.2, 0.25) is 0 Å². The number of hydrogen-bond donors (Lipinski definition) is 1. The molecule has 0 aliphatic carbocycles. The molecule has 78 valence electrons. The predicted octanol–water partition coefficient (Wildman–Crippen LogP) is 1.41. The van der Waals surface area contributed by atoms with Gasteiger partial charge in [0, 0.05) is 6.42 Å². The van der Waals surface area contributed by atoms with Crippen LogP contribution in [0.1, 0.15) is 12.0 Å². The van der Waals surface area contributed by atoms with Crippen molar-refractivity contribution in [1.29, 1.82) is 0 Å². The normalized spacial score (nSPS) is 9.53. The molecule has 0 heterocycles. The molecule has 0 unspecified atom stereocenters. The standard InChI is InChI=1S/C13H15NO/c1-2-10-14-11-13(15)9-8-12-6-4-3-5-7-12/h1,3-7,14H,8-11H2. The van der Waals surface area contributed by atoms with Crippen LogP contribution in [-0.4, -0.2) is 18.9 Å². The Bertz CT molecular complexity index is 337. The molecule has 0 aromatic heterocycles. The van der Waals surface area contributed by atoms with Crippen molar-refractivity contribution in [2.45, 2.75) is 12.8 Å². The molecule has 0 radical (unpaired) electrons. The van der Waals surface area contributed by atoms with Crippen molar-refractivity contribution in [3.8, 4) is 12.3 Å². The predicted molar refractivity (Wildman–Crippen MR) is 61.5 cm³/mol. The minimum atomic E-state index is 0.203. The number of carbonyl (C=O) groups excluding carboxylic acids is 1. The minimum absolute atomic E-state index is 0.203. The van der Waals surface area contributed by atoms with Gasteiger partial charge in [0.15, 0.2) is 0 Å². The summed E-state index contributed by atoms with van der Waals surface area (Å²) in [4.78, 5) is 11.4. The smallest absolute Gasteiger partial charge is 0.146 e. The van der Waals surface area contributed by atoms with Crippen LogP contribution in [0.15, 0.2) is 30.3 Å². The average molecular weight is 201 g/mol. The highest BCUT2D eigenvalue weighted by Crippen LogP contribution is 2.02. The first-order valence-corrected chi connectivity index (χ1v) is 5.02. The summed E-state index contributed by atoms with van der Waals surface area (Å²) in [6.07, 6.45) is 6.43. The lowest BCUT2D eigenvalue weighted by atomic mass is 10.1. The Labute approximate surface area is 90.7 Å². The molecule has 1 N–H and O–H groups in total. The molecule has 1 rings (SSSR count). The van der Waals surface area contributed by atoms with Gasteiger partial charge in [0.05, 0.1) is 13.1 Å². The third-order valence-electron chi connectivity index (χ3n) is 2.08. The van der Waals surface area contributed by atoms with E-state index in [0.717, 1.165) is 6.42 Å². The molecule has 1 aromatic carbocycles. The average Bonchev–Trinajstić information content (AvgIpc) is 2.28. The fourth-order valence-electron chi connectivity index (χ4n) is 1.29. The number of benzene rings is 1. The number of nitrogens with one attached hydrogen (secondary N) is 1. The maximum atomic E-state index is 11.4. The third-order valence-corrected chi connectivity index (χ3v) is 2.08. The van der Waals surface area contributed by atoms with Gasteiger partial charge in [-0.2, -0.15) is 0 Å². The van der Waals surface area contributed by atoms with E-state index in [0.29, 0.717) is 19.5 Å². The fraction of sp³-hybridized carbons (Fsp3) is 0.308. The topological polar surface area (TPSA) is 29.1 Å². The monoisotopic (exact) mass is 201 g/mol. The van der Waals surface area contributed by atoms with Crippen molar-refractivity contribution in [3.63, 3.8) is 0 Å². The summed E-state index contributed by atoms with van der Waals surface area (Å²) in [5.41, 5.74) is 1.20. The second-order valence-electron chi connectivity index (χ2n) is 3.33. The van der Waals surface area contributed by atoms with E-state index in [2.05, 4.69) is 11.2 Å². The summed E-state index contributed by atoms with van der Waals surface area (Å²) in [7, 11) is 0. The van der Waals surface area contributed by atoms with Crippen LogP contribution in [-0.2, 0) is 11.2 Å². The lowest BCUT2D eigenvalue weighted by Crippen LogP contribution is -2.23. The highest BCUT2D eigenvalue weighted by Gasteiger charge is 2.01. The summed E-state index contributed by atoms with van der Waals surface area (Å²) in [6.45, 7) is 0.827. The van der Waals surface area contributed by atoms with Crippen LogP contribution in [0.25, 0.3) is 0 Å². The first-order chi connectivity index (χ1) is 7.33. The van der Waals surface area contributed by atoms with E-state index in [4.69, 9.17) is 6.42 Å². The number of ketones is 1. The molecule has 0 atom stereocenters. The van der Waals surface area contributed by atoms with E-state index in [-0.39, 0.29) is 5.78 Å². The van der Waals surface area contributed by atoms with Crippen molar-refractivity contribution >= 4 is 5.78 Å². The zero-order valence-corrected chi connectivity index (χ0v) is 8.70. The van der Waals surface area contributed by atoms with Crippen molar-refractivity contribution in [1.82, 2.24) is 5.32 Å². The number of carbonyl (C=O) groups is 1. The molecule has 0 bridgehead atoms. The van der Waals surface area contributed by atoms with Crippen LogP contribution < -0.4 is 5.32 Å². The molecule has 2 nitrogen and oxygen atoms in total. The number of hydrogen-bond acceptors (Lipinski definition) is 2. The van der Waals surface area contributed by atoms with E-state index in [1.807, 2.05) is 30.3 Å². The van der Waals surface area contributed by atoms with Crippen LogP contribution in [0.3, 0.4) is 0 Å². The van der Waals surface area contributed by atoms with E-state index >= 15 is 0 Å². The fourth-order valence-corrected chi connectivity index (χ4v) is 1.29. The molecule has 2 heteroatoms. The molecule has 0 saturated carbocycles. The Hall–Kier alpha value is -1.59. The molecule has 0 amide bonds. The van der Waals surface area contributed by atoms with Crippen LogP contribution in [0, 0.1) is 12.3 Å². The van der Waals surface area contributed by atoms with Crippen LogP contribution in [0.5, 0.6) is 0 Å². The SMILES string of the molecule is C#CCNCC(=O)CCc1ccccc1. The highest BCUT2D eigenvalue weighted by atomic mass is 16.1. The number of terminal acetylenes is 1. The van der Waals surface area contributed by atoms with Gasteiger partial charge in [-0.05, 0) is 12.0 Å². The van der Waals surface area contributed by atoms with E-state index in [9.17, 15) is 4.79 Å². The van der Waals surface area contributed by atoms with Crippen molar-refractivity contribution < 1.29 is 4.79 Å². The number of Topliss-reactive ketones (excluding diaryl/α,β-unsaturated/α-hetero) is 1. The Balaban J connectivity index is 2.20. The molecule has 0 fully saturated rings. The van der Waals surface area contributed by atoms with Crippen molar-refractivity contribution in [2.24, 2.45) is 0 Å². The first kappa shape index (κ1) is 11.5. The second-order valence-corrected chi connectivity index (χ2v) is 3.33. The van der Waals surface area contributed by atoms with Gasteiger partial charge >= 0.3 is 0 Å².